The van der Waals surface area contributed by atoms with Crippen molar-refractivity contribution in [1.82, 2.24) is 15.2 Å². The monoisotopic (exact) mass is 383 g/mol. The summed E-state index contributed by atoms with van der Waals surface area (Å²) < 4.78 is 28.0. The number of carbonyl (C=O) groups excluding carboxylic acids is 1. The average Bonchev–Trinajstić information content (AvgIpc) is 2.49. The van der Waals surface area contributed by atoms with E-state index in [-0.39, 0.29) is 5.91 Å². The van der Waals surface area contributed by atoms with Gasteiger partial charge in [-0.05, 0) is 28.4 Å². The van der Waals surface area contributed by atoms with E-state index in [2.05, 4.69) is 26.2 Å². The first-order chi connectivity index (χ1) is 11.0. The Morgan fingerprint density at radius 1 is 1.39 bits per heavy atom. The lowest BCUT2D eigenvalue weighted by molar-refractivity contribution is -0.124. The minimum absolute atomic E-state index is 0.0183. The molecule has 23 heavy (non-hydrogen) atoms. The lowest BCUT2D eigenvalue weighted by Gasteiger charge is -2.26. The molecular weight excluding hydrogens is 368 g/mol. The second-order valence-corrected chi connectivity index (χ2v) is 6.45. The Balaban J connectivity index is 1.89. The highest BCUT2D eigenvalue weighted by atomic mass is 79.9. The Labute approximate surface area is 141 Å². The Bertz CT molecular complexity index is 782. The van der Waals surface area contributed by atoms with Crippen molar-refractivity contribution in [1.29, 1.82) is 0 Å². The Morgan fingerprint density at radius 3 is 2.91 bits per heavy atom. The van der Waals surface area contributed by atoms with Gasteiger partial charge in [-0.25, -0.2) is 8.78 Å². The summed E-state index contributed by atoms with van der Waals surface area (Å²) in [4.78, 5) is 17.9. The number of rotatable bonds is 3. The molecule has 0 unspecified atom stereocenters. The van der Waals surface area contributed by atoms with Crippen molar-refractivity contribution in [3.8, 4) is 0 Å². The second kappa shape index (κ2) is 6.49. The average molecular weight is 384 g/mol. The molecule has 1 aromatic heterocycles. The number of aromatic nitrogens is 1. The minimum Gasteiger partial charge on any atom is -0.354 e. The van der Waals surface area contributed by atoms with E-state index in [1.807, 2.05) is 11.8 Å². The highest BCUT2D eigenvalue weighted by molar-refractivity contribution is 9.10. The van der Waals surface area contributed by atoms with Crippen LogP contribution in [0.25, 0.3) is 10.9 Å². The zero-order chi connectivity index (χ0) is 16.6. The molecule has 1 N–H and O–H groups in total. The molecule has 4 nitrogen and oxygen atoms in total. The first-order valence-electron chi connectivity index (χ1n) is 7.38. The maximum atomic E-state index is 14.0. The summed E-state index contributed by atoms with van der Waals surface area (Å²) >= 11 is 3.40. The highest BCUT2D eigenvalue weighted by Crippen LogP contribution is 2.31. The topological polar surface area (TPSA) is 45.2 Å². The van der Waals surface area contributed by atoms with Gasteiger partial charge < -0.3 is 5.32 Å². The maximum Gasteiger partial charge on any atom is 0.234 e. The lowest BCUT2D eigenvalue weighted by atomic mass is 10.1. The molecule has 1 amide bonds. The van der Waals surface area contributed by atoms with Crippen molar-refractivity contribution >= 4 is 32.7 Å². The van der Waals surface area contributed by atoms with Gasteiger partial charge in [0.1, 0.15) is 11.6 Å². The molecule has 0 radical (unpaired) electrons. The molecule has 0 atom stereocenters. The van der Waals surface area contributed by atoms with Crippen LogP contribution >= 0.6 is 15.9 Å². The molecule has 1 saturated heterocycles. The molecule has 2 aromatic rings. The van der Waals surface area contributed by atoms with Crippen LogP contribution in [0.2, 0.25) is 0 Å². The highest BCUT2D eigenvalue weighted by Gasteiger charge is 2.18. The number of hydrogen-bond donors (Lipinski definition) is 1. The van der Waals surface area contributed by atoms with Gasteiger partial charge in [0.15, 0.2) is 0 Å². The van der Waals surface area contributed by atoms with E-state index in [0.717, 1.165) is 23.9 Å². The zero-order valence-corrected chi connectivity index (χ0v) is 14.2. The molecule has 3 rings (SSSR count). The fourth-order valence-corrected chi connectivity index (χ4v) is 3.42. The van der Waals surface area contributed by atoms with Crippen LogP contribution in [0.15, 0.2) is 16.6 Å². The Kier molecular flexibility index (Phi) is 4.59. The fraction of sp³-hybridized carbons (Fsp3) is 0.375. The molecule has 0 spiro atoms. The van der Waals surface area contributed by atoms with Crippen molar-refractivity contribution in [2.24, 2.45) is 0 Å². The number of pyridine rings is 1. The third-order valence-electron chi connectivity index (χ3n) is 4.05. The third-order valence-corrected chi connectivity index (χ3v) is 5.04. The molecule has 1 aliphatic heterocycles. The minimum atomic E-state index is -0.642. The van der Waals surface area contributed by atoms with E-state index in [4.69, 9.17) is 0 Å². The third kappa shape index (κ3) is 3.35. The number of nitrogens with zero attached hydrogens (tertiary/aromatic N) is 2. The molecule has 0 saturated carbocycles. The summed E-state index contributed by atoms with van der Waals surface area (Å²) in [5.74, 6) is -1.25. The molecule has 7 heteroatoms. The molecular formula is C16H16BrF2N3O. The number of nitrogens with one attached hydrogen (secondary N) is 1. The Morgan fingerprint density at radius 2 is 2.17 bits per heavy atom. The molecule has 1 aliphatic rings. The van der Waals surface area contributed by atoms with E-state index in [1.165, 1.54) is 6.07 Å². The van der Waals surface area contributed by atoms with Crippen LogP contribution in [0, 0.1) is 18.6 Å². The van der Waals surface area contributed by atoms with Crippen molar-refractivity contribution in [3.63, 3.8) is 0 Å². The number of carbonyl (C=O) groups is 1. The van der Waals surface area contributed by atoms with Crippen molar-refractivity contribution in [2.75, 3.05) is 26.2 Å². The summed E-state index contributed by atoms with van der Waals surface area (Å²) in [6.07, 6.45) is 0.617. The van der Waals surface area contributed by atoms with Crippen LogP contribution in [-0.4, -0.2) is 42.0 Å². The molecule has 0 bridgehead atoms. The fourth-order valence-electron chi connectivity index (χ4n) is 2.80. The zero-order valence-electron chi connectivity index (χ0n) is 12.6. The van der Waals surface area contributed by atoms with Gasteiger partial charge in [0.25, 0.3) is 0 Å². The lowest BCUT2D eigenvalue weighted by Crippen LogP contribution is -2.48. The molecule has 2 heterocycles. The van der Waals surface area contributed by atoms with Crippen molar-refractivity contribution in [3.05, 3.63) is 39.5 Å². The number of fused-ring (bicyclic) bond motifs is 1. The summed E-state index contributed by atoms with van der Waals surface area (Å²) in [5, 5.41) is 3.08. The van der Waals surface area contributed by atoms with Crippen molar-refractivity contribution < 1.29 is 13.6 Å². The van der Waals surface area contributed by atoms with Crippen LogP contribution in [-0.2, 0) is 11.2 Å². The maximum absolute atomic E-state index is 14.0. The van der Waals surface area contributed by atoms with Gasteiger partial charge in [0.05, 0.1) is 17.4 Å². The predicted octanol–water partition coefficient (Wildman–Crippen LogP) is 2.56. The number of halogens is 3. The first-order valence-corrected chi connectivity index (χ1v) is 8.18. The normalized spacial score (nSPS) is 15.9. The van der Waals surface area contributed by atoms with E-state index < -0.39 is 11.6 Å². The number of benzene rings is 1. The quantitative estimate of drug-likeness (QED) is 0.885. The predicted molar refractivity (Wildman–Crippen MR) is 87.2 cm³/mol. The van der Waals surface area contributed by atoms with E-state index in [1.54, 1.807) is 0 Å². The largest absolute Gasteiger partial charge is 0.354 e. The smallest absolute Gasteiger partial charge is 0.234 e. The van der Waals surface area contributed by atoms with Gasteiger partial charge in [-0.1, -0.05) is 0 Å². The molecule has 0 aliphatic carbocycles. The van der Waals surface area contributed by atoms with Crippen LogP contribution < -0.4 is 5.32 Å². The second-order valence-electron chi connectivity index (χ2n) is 5.66. The van der Waals surface area contributed by atoms with Gasteiger partial charge in [-0.15, -0.1) is 0 Å². The molecule has 122 valence electrons. The molecule has 1 aromatic carbocycles. The summed E-state index contributed by atoms with van der Waals surface area (Å²) in [5.41, 5.74) is 1.91. The van der Waals surface area contributed by atoms with Gasteiger partial charge >= 0.3 is 0 Å². The van der Waals surface area contributed by atoms with E-state index in [0.29, 0.717) is 41.4 Å². The van der Waals surface area contributed by atoms with Gasteiger partial charge in [0.2, 0.25) is 5.91 Å². The van der Waals surface area contributed by atoms with Gasteiger partial charge in [0, 0.05) is 48.4 Å². The summed E-state index contributed by atoms with van der Waals surface area (Å²) in [7, 11) is 0. The van der Waals surface area contributed by atoms with Crippen LogP contribution in [0.4, 0.5) is 8.78 Å². The van der Waals surface area contributed by atoms with Crippen LogP contribution in [0.1, 0.15) is 11.3 Å². The number of amides is 1. The van der Waals surface area contributed by atoms with Gasteiger partial charge in [-0.2, -0.15) is 0 Å². The van der Waals surface area contributed by atoms with Crippen molar-refractivity contribution in [2.45, 2.75) is 13.3 Å². The standard InChI is InChI=1S/C16H16BrF2N3O/c1-9-12(2-4-22-5-3-20-14(23)8-22)21-13-7-10(18)6-11(19)15(13)16(9)17/h6-7H,2-5,8H2,1H3,(H,20,23). The van der Waals surface area contributed by atoms with Gasteiger partial charge in [-0.3, -0.25) is 14.7 Å². The van der Waals surface area contributed by atoms with E-state index >= 15 is 0 Å². The Hall–Kier alpha value is -1.60. The summed E-state index contributed by atoms with van der Waals surface area (Å²) in [6, 6.07) is 2.10. The number of piperazine rings is 1. The molecule has 1 fully saturated rings. The van der Waals surface area contributed by atoms with E-state index in [9.17, 15) is 13.6 Å². The SMILES string of the molecule is Cc1c(CCN2CCNC(=O)C2)nc2cc(F)cc(F)c2c1Br. The number of hydrogen-bond acceptors (Lipinski definition) is 3. The first kappa shape index (κ1) is 16.3. The van der Waals surface area contributed by atoms with Crippen LogP contribution in [0.5, 0.6) is 0 Å². The van der Waals surface area contributed by atoms with Crippen LogP contribution in [0.3, 0.4) is 0 Å². The summed E-state index contributed by atoms with van der Waals surface area (Å²) in [6.45, 7) is 4.34.